The second-order valence-electron chi connectivity index (χ2n) is 3.28. The predicted octanol–water partition coefficient (Wildman–Crippen LogP) is 0.666. The molecule has 5 N–H and O–H groups in total. The maximum Gasteiger partial charge on any atom is 0.328 e. The van der Waals surface area contributed by atoms with Gasteiger partial charge in [-0.2, -0.15) is 0 Å². The van der Waals surface area contributed by atoms with Gasteiger partial charge in [-0.1, -0.05) is 0 Å². The molecule has 0 aliphatic rings. The van der Waals surface area contributed by atoms with Crippen molar-refractivity contribution < 1.29 is 14.3 Å². The molecule has 0 saturated carbocycles. The third kappa shape index (κ3) is 1.82. The molecule has 0 fully saturated rings. The highest BCUT2D eigenvalue weighted by Gasteiger charge is 2.30. The van der Waals surface area contributed by atoms with Crippen LogP contribution in [0.4, 0.5) is 10.1 Å². The number of carbonyl (C=O) groups is 1. The minimum Gasteiger partial charge on any atom is -0.480 e. The molecule has 5 heteroatoms. The first-order valence-corrected chi connectivity index (χ1v) is 3.93. The zero-order chi connectivity index (χ0) is 10.9. The highest BCUT2D eigenvalue weighted by atomic mass is 19.1. The van der Waals surface area contributed by atoms with Crippen LogP contribution in [0, 0.1) is 5.82 Å². The number of aliphatic carboxylic acids is 1. The van der Waals surface area contributed by atoms with E-state index in [-0.39, 0.29) is 11.3 Å². The van der Waals surface area contributed by atoms with E-state index in [9.17, 15) is 9.18 Å². The molecule has 1 aromatic carbocycles. The van der Waals surface area contributed by atoms with Gasteiger partial charge in [-0.05, 0) is 30.7 Å². The second kappa shape index (κ2) is 3.26. The minimum absolute atomic E-state index is 0.141. The van der Waals surface area contributed by atoms with Crippen LogP contribution in [-0.2, 0) is 10.3 Å². The van der Waals surface area contributed by atoms with Gasteiger partial charge in [-0.15, -0.1) is 0 Å². The van der Waals surface area contributed by atoms with Gasteiger partial charge in [0.05, 0.1) is 0 Å². The number of carboxylic acid groups (broad SMARTS) is 1. The number of nitrogens with two attached hydrogens (primary N) is 2. The smallest absolute Gasteiger partial charge is 0.328 e. The molecule has 0 radical (unpaired) electrons. The first-order valence-electron chi connectivity index (χ1n) is 3.93. The lowest BCUT2D eigenvalue weighted by Crippen LogP contribution is -2.41. The average molecular weight is 198 g/mol. The Morgan fingerprint density at radius 1 is 1.50 bits per heavy atom. The topological polar surface area (TPSA) is 89.3 Å². The van der Waals surface area contributed by atoms with Crippen molar-refractivity contribution in [2.75, 3.05) is 5.73 Å². The molecule has 0 spiro atoms. The number of halogens is 1. The summed E-state index contributed by atoms with van der Waals surface area (Å²) in [7, 11) is 0. The maximum absolute atomic E-state index is 12.9. The summed E-state index contributed by atoms with van der Waals surface area (Å²) >= 11 is 0. The fourth-order valence-corrected chi connectivity index (χ4v) is 1.04. The van der Waals surface area contributed by atoms with E-state index in [1.54, 1.807) is 0 Å². The van der Waals surface area contributed by atoms with Crippen molar-refractivity contribution in [2.24, 2.45) is 5.73 Å². The molecule has 0 aliphatic carbocycles. The largest absolute Gasteiger partial charge is 0.480 e. The lowest BCUT2D eigenvalue weighted by molar-refractivity contribution is -0.143. The van der Waals surface area contributed by atoms with Crippen LogP contribution in [0.15, 0.2) is 18.2 Å². The first kappa shape index (κ1) is 10.5. The van der Waals surface area contributed by atoms with Gasteiger partial charge in [0.1, 0.15) is 11.4 Å². The van der Waals surface area contributed by atoms with Crippen LogP contribution < -0.4 is 11.5 Å². The fraction of sp³-hybridized carbons (Fsp3) is 0.222. The van der Waals surface area contributed by atoms with Crippen molar-refractivity contribution in [1.29, 1.82) is 0 Å². The van der Waals surface area contributed by atoms with Crippen molar-refractivity contribution in [3.63, 3.8) is 0 Å². The summed E-state index contributed by atoms with van der Waals surface area (Å²) in [5.74, 6) is -1.83. The summed E-state index contributed by atoms with van der Waals surface area (Å²) in [6.07, 6.45) is 0. The molecule has 0 unspecified atom stereocenters. The zero-order valence-corrected chi connectivity index (χ0v) is 7.62. The molecular weight excluding hydrogens is 187 g/mol. The molecule has 0 saturated heterocycles. The molecule has 76 valence electrons. The van der Waals surface area contributed by atoms with E-state index in [4.69, 9.17) is 16.6 Å². The van der Waals surface area contributed by atoms with Gasteiger partial charge >= 0.3 is 5.97 Å². The third-order valence-electron chi connectivity index (χ3n) is 1.96. The average Bonchev–Trinajstić information content (AvgIpc) is 2.01. The molecule has 0 bridgehead atoms. The van der Waals surface area contributed by atoms with E-state index >= 15 is 0 Å². The molecule has 4 nitrogen and oxygen atoms in total. The molecule has 1 atom stereocenters. The van der Waals surface area contributed by atoms with Gasteiger partial charge in [0, 0.05) is 5.69 Å². The SMILES string of the molecule is C[C@@](N)(C(=O)O)c1cc(N)cc(F)c1. The Labute approximate surface area is 80.3 Å². The molecule has 1 rings (SSSR count). The Balaban J connectivity index is 3.25. The number of nitrogen functional groups attached to an aromatic ring is 1. The summed E-state index contributed by atoms with van der Waals surface area (Å²) in [5.41, 5.74) is 9.53. The van der Waals surface area contributed by atoms with Gasteiger partial charge < -0.3 is 16.6 Å². The monoisotopic (exact) mass is 198 g/mol. The van der Waals surface area contributed by atoms with Gasteiger partial charge in [-0.25, -0.2) is 9.18 Å². The van der Waals surface area contributed by atoms with Gasteiger partial charge in [-0.3, -0.25) is 0 Å². The van der Waals surface area contributed by atoms with Crippen molar-refractivity contribution in [3.8, 4) is 0 Å². The number of hydrogen-bond acceptors (Lipinski definition) is 3. The number of carboxylic acids is 1. The Kier molecular flexibility index (Phi) is 2.44. The second-order valence-corrected chi connectivity index (χ2v) is 3.28. The van der Waals surface area contributed by atoms with Gasteiger partial charge in [0.25, 0.3) is 0 Å². The van der Waals surface area contributed by atoms with Gasteiger partial charge in [0.15, 0.2) is 0 Å². The summed E-state index contributed by atoms with van der Waals surface area (Å²) in [5, 5.41) is 8.79. The van der Waals surface area contributed by atoms with Crippen molar-refractivity contribution >= 4 is 11.7 Å². The molecule has 1 aromatic rings. The van der Waals surface area contributed by atoms with E-state index in [0.29, 0.717) is 0 Å². The normalized spacial score (nSPS) is 14.8. The van der Waals surface area contributed by atoms with Crippen LogP contribution >= 0.6 is 0 Å². The van der Waals surface area contributed by atoms with Crippen LogP contribution in [0.2, 0.25) is 0 Å². The van der Waals surface area contributed by atoms with Crippen LogP contribution in [0.1, 0.15) is 12.5 Å². The van der Waals surface area contributed by atoms with E-state index in [0.717, 1.165) is 12.1 Å². The van der Waals surface area contributed by atoms with E-state index in [1.165, 1.54) is 13.0 Å². The van der Waals surface area contributed by atoms with E-state index < -0.39 is 17.3 Å². The fourth-order valence-electron chi connectivity index (χ4n) is 1.04. The Hall–Kier alpha value is -1.62. The maximum atomic E-state index is 12.9. The summed E-state index contributed by atoms with van der Waals surface area (Å²) in [6.45, 7) is 1.28. The van der Waals surface area contributed by atoms with Crippen molar-refractivity contribution in [2.45, 2.75) is 12.5 Å². The number of benzene rings is 1. The molecule has 0 heterocycles. The Bertz CT molecular complexity index is 357. The van der Waals surface area contributed by atoms with E-state index in [2.05, 4.69) is 0 Å². The summed E-state index contributed by atoms with van der Waals surface area (Å²) in [6, 6.07) is 3.50. The predicted molar refractivity (Wildman–Crippen MR) is 50.0 cm³/mol. The number of hydrogen-bond donors (Lipinski definition) is 3. The molecule has 14 heavy (non-hydrogen) atoms. The van der Waals surface area contributed by atoms with Gasteiger partial charge in [0.2, 0.25) is 0 Å². The lowest BCUT2D eigenvalue weighted by atomic mass is 9.93. The number of rotatable bonds is 2. The standard InChI is InChI=1S/C9H11FN2O2/c1-9(12,8(13)14)5-2-6(10)4-7(11)3-5/h2-4H,11-12H2,1H3,(H,13,14)/t9-/m0/s1. The van der Waals surface area contributed by atoms with Crippen LogP contribution in [-0.4, -0.2) is 11.1 Å². The zero-order valence-electron chi connectivity index (χ0n) is 7.62. The van der Waals surface area contributed by atoms with Crippen LogP contribution in [0.25, 0.3) is 0 Å². The highest BCUT2D eigenvalue weighted by molar-refractivity contribution is 5.80. The lowest BCUT2D eigenvalue weighted by Gasteiger charge is -2.19. The minimum atomic E-state index is -1.63. The first-order chi connectivity index (χ1) is 6.34. The Morgan fingerprint density at radius 2 is 2.07 bits per heavy atom. The molecule has 0 amide bonds. The van der Waals surface area contributed by atoms with E-state index in [1.807, 2.05) is 0 Å². The molecule has 0 aliphatic heterocycles. The third-order valence-corrected chi connectivity index (χ3v) is 1.96. The Morgan fingerprint density at radius 3 is 2.50 bits per heavy atom. The summed E-state index contributed by atoms with van der Waals surface area (Å²) in [4.78, 5) is 10.8. The summed E-state index contributed by atoms with van der Waals surface area (Å²) < 4.78 is 12.9. The highest BCUT2D eigenvalue weighted by Crippen LogP contribution is 2.21. The molecule has 0 aromatic heterocycles. The van der Waals surface area contributed by atoms with Crippen LogP contribution in [0.5, 0.6) is 0 Å². The van der Waals surface area contributed by atoms with Crippen molar-refractivity contribution in [3.05, 3.63) is 29.6 Å². The van der Waals surface area contributed by atoms with Crippen molar-refractivity contribution in [1.82, 2.24) is 0 Å². The van der Waals surface area contributed by atoms with Crippen LogP contribution in [0.3, 0.4) is 0 Å². The molecular formula is C9H11FN2O2. The quantitative estimate of drug-likeness (QED) is 0.609. The number of anilines is 1.